The lowest BCUT2D eigenvalue weighted by Gasteiger charge is -2.20. The zero-order chi connectivity index (χ0) is 33.1. The largest absolute Gasteiger partial charge is 0.488 e. The lowest BCUT2D eigenvalue weighted by atomic mass is 10.1. The number of hydrogen-bond donors (Lipinski definition) is 0. The van der Waals surface area contributed by atoms with Crippen LogP contribution in [0.15, 0.2) is 12.3 Å². The molecule has 0 saturated carbocycles. The van der Waals surface area contributed by atoms with Gasteiger partial charge in [-0.1, -0.05) is 181 Å². The molecule has 0 spiro atoms. The van der Waals surface area contributed by atoms with Crippen LogP contribution in [-0.4, -0.2) is 31.3 Å². The summed E-state index contributed by atoms with van der Waals surface area (Å²) in [6, 6.07) is 0. The molecule has 0 rings (SSSR count). The highest BCUT2D eigenvalue weighted by Gasteiger charge is 2.17. The standard InChI is InChI=1S/C40H76O5/c1-5-8-11-14-17-20-23-26-29-32-37(4)45-38(35-43-39(41)33-30-27-24-21-18-15-12-9-6-2)36-44-40(42)34-31-28-25-22-19-16-13-10-7-3/h38H,4-36H2,1-3H3. The lowest BCUT2D eigenvalue weighted by Crippen LogP contribution is -2.28. The van der Waals surface area contributed by atoms with Gasteiger partial charge in [-0.3, -0.25) is 9.59 Å². The van der Waals surface area contributed by atoms with Crippen molar-refractivity contribution in [1.29, 1.82) is 0 Å². The summed E-state index contributed by atoms with van der Waals surface area (Å²) in [5.41, 5.74) is 0. The van der Waals surface area contributed by atoms with Crippen molar-refractivity contribution in [2.24, 2.45) is 0 Å². The monoisotopic (exact) mass is 637 g/mol. The Labute approximate surface area is 280 Å². The molecule has 0 fully saturated rings. The van der Waals surface area contributed by atoms with Crippen LogP contribution in [0.4, 0.5) is 0 Å². The molecule has 0 aliphatic carbocycles. The van der Waals surface area contributed by atoms with Crippen LogP contribution < -0.4 is 0 Å². The van der Waals surface area contributed by atoms with E-state index in [1.54, 1.807) is 0 Å². The van der Waals surface area contributed by atoms with Gasteiger partial charge in [0, 0.05) is 19.3 Å². The minimum Gasteiger partial charge on any atom is -0.488 e. The van der Waals surface area contributed by atoms with Gasteiger partial charge in [0.1, 0.15) is 13.2 Å². The molecule has 0 heterocycles. The van der Waals surface area contributed by atoms with Gasteiger partial charge < -0.3 is 14.2 Å². The Morgan fingerprint density at radius 2 is 0.689 bits per heavy atom. The predicted molar refractivity (Wildman–Crippen MR) is 191 cm³/mol. The summed E-state index contributed by atoms with van der Waals surface area (Å²) in [6.07, 6.45) is 34.4. The second-order valence-corrected chi connectivity index (χ2v) is 13.4. The summed E-state index contributed by atoms with van der Waals surface area (Å²) in [5, 5.41) is 0. The van der Waals surface area contributed by atoms with Gasteiger partial charge in [-0.15, -0.1) is 0 Å². The Bertz CT molecular complexity index is 623. The molecule has 0 aliphatic heterocycles. The van der Waals surface area contributed by atoms with Gasteiger partial charge >= 0.3 is 11.9 Å². The molecule has 0 unspecified atom stereocenters. The van der Waals surface area contributed by atoms with Gasteiger partial charge in [-0.25, -0.2) is 0 Å². The quantitative estimate of drug-likeness (QED) is 0.0389. The molecule has 0 aromatic carbocycles. The normalized spacial score (nSPS) is 11.2. The highest BCUT2D eigenvalue weighted by Crippen LogP contribution is 2.16. The van der Waals surface area contributed by atoms with E-state index in [-0.39, 0.29) is 25.2 Å². The number of hydrogen-bond acceptors (Lipinski definition) is 5. The summed E-state index contributed by atoms with van der Waals surface area (Å²) in [4.78, 5) is 24.9. The van der Waals surface area contributed by atoms with E-state index in [1.165, 1.54) is 141 Å². The zero-order valence-electron chi connectivity index (χ0n) is 30.5. The topological polar surface area (TPSA) is 61.8 Å². The first-order valence-corrected chi connectivity index (χ1v) is 19.7. The van der Waals surface area contributed by atoms with E-state index in [9.17, 15) is 9.59 Å². The molecule has 0 bridgehead atoms. The summed E-state index contributed by atoms with van der Waals surface area (Å²) >= 11 is 0. The molecule has 0 aromatic rings. The molecule has 45 heavy (non-hydrogen) atoms. The highest BCUT2D eigenvalue weighted by molar-refractivity contribution is 5.69. The lowest BCUT2D eigenvalue weighted by molar-refractivity contribution is -0.153. The molecule has 0 N–H and O–H groups in total. The SMILES string of the molecule is C=C(CCCCCCCCCCC)OC(COC(=O)CCCCCCCCCCC)COC(=O)CCCCCCCCCCC. The van der Waals surface area contributed by atoms with E-state index < -0.39 is 6.10 Å². The fourth-order valence-electron chi connectivity index (χ4n) is 5.72. The van der Waals surface area contributed by atoms with Gasteiger partial charge in [-0.05, 0) is 19.3 Å². The Kier molecular flexibility index (Phi) is 34.1. The van der Waals surface area contributed by atoms with Gasteiger partial charge in [0.15, 0.2) is 6.10 Å². The maximum absolute atomic E-state index is 12.4. The zero-order valence-corrected chi connectivity index (χ0v) is 30.5. The van der Waals surface area contributed by atoms with E-state index in [4.69, 9.17) is 14.2 Å². The van der Waals surface area contributed by atoms with Crippen molar-refractivity contribution in [1.82, 2.24) is 0 Å². The molecule has 0 saturated heterocycles. The van der Waals surface area contributed by atoms with E-state index in [0.29, 0.717) is 18.6 Å². The number of ether oxygens (including phenoxy) is 3. The third kappa shape index (κ3) is 33.7. The maximum Gasteiger partial charge on any atom is 0.305 e. The van der Waals surface area contributed by atoms with Crippen molar-refractivity contribution in [3.63, 3.8) is 0 Å². The molecule has 0 aliphatic rings. The molecule has 0 radical (unpaired) electrons. The molecular formula is C40H76O5. The van der Waals surface area contributed by atoms with Crippen LogP contribution in [0.5, 0.6) is 0 Å². The van der Waals surface area contributed by atoms with E-state index in [1.807, 2.05) is 0 Å². The van der Waals surface area contributed by atoms with Gasteiger partial charge in [-0.2, -0.15) is 0 Å². The molecular weight excluding hydrogens is 560 g/mol. The van der Waals surface area contributed by atoms with Crippen LogP contribution in [-0.2, 0) is 23.8 Å². The summed E-state index contributed by atoms with van der Waals surface area (Å²) in [7, 11) is 0. The Morgan fingerprint density at radius 1 is 0.422 bits per heavy atom. The van der Waals surface area contributed by atoms with E-state index in [2.05, 4.69) is 27.4 Å². The van der Waals surface area contributed by atoms with Crippen LogP contribution >= 0.6 is 0 Å². The minimum absolute atomic E-state index is 0.0956. The number of rotatable bonds is 36. The Hall–Kier alpha value is -1.52. The summed E-state index contributed by atoms with van der Waals surface area (Å²) in [5.74, 6) is 0.294. The molecule has 0 atom stereocenters. The third-order valence-corrected chi connectivity index (χ3v) is 8.72. The van der Waals surface area contributed by atoms with Crippen LogP contribution in [0.2, 0.25) is 0 Å². The number of allylic oxidation sites excluding steroid dienone is 1. The molecule has 5 heteroatoms. The summed E-state index contributed by atoms with van der Waals surface area (Å²) < 4.78 is 17.2. The Balaban J connectivity index is 4.34. The van der Waals surface area contributed by atoms with Crippen LogP contribution in [0.3, 0.4) is 0 Å². The first-order valence-electron chi connectivity index (χ1n) is 19.7. The van der Waals surface area contributed by atoms with Gasteiger partial charge in [0.25, 0.3) is 0 Å². The van der Waals surface area contributed by atoms with Crippen LogP contribution in [0.25, 0.3) is 0 Å². The van der Waals surface area contributed by atoms with Crippen molar-refractivity contribution in [2.45, 2.75) is 219 Å². The number of unbranched alkanes of at least 4 members (excludes halogenated alkanes) is 24. The van der Waals surface area contributed by atoms with Crippen molar-refractivity contribution in [3.05, 3.63) is 12.3 Å². The Morgan fingerprint density at radius 3 is 1.00 bits per heavy atom. The maximum atomic E-state index is 12.4. The molecule has 0 amide bonds. The average Bonchev–Trinajstić information content (AvgIpc) is 3.03. The third-order valence-electron chi connectivity index (χ3n) is 8.72. The van der Waals surface area contributed by atoms with Crippen LogP contribution in [0, 0.1) is 0 Å². The number of carbonyl (C=O) groups excluding carboxylic acids is 2. The molecule has 5 nitrogen and oxygen atoms in total. The number of carbonyl (C=O) groups is 2. The molecule has 266 valence electrons. The second-order valence-electron chi connectivity index (χ2n) is 13.4. The first-order chi connectivity index (χ1) is 22.0. The van der Waals surface area contributed by atoms with E-state index in [0.717, 1.165) is 38.5 Å². The van der Waals surface area contributed by atoms with Crippen molar-refractivity contribution in [3.8, 4) is 0 Å². The van der Waals surface area contributed by atoms with Crippen molar-refractivity contribution >= 4 is 11.9 Å². The van der Waals surface area contributed by atoms with E-state index >= 15 is 0 Å². The van der Waals surface area contributed by atoms with Gasteiger partial charge in [0.2, 0.25) is 0 Å². The summed E-state index contributed by atoms with van der Waals surface area (Å²) in [6.45, 7) is 11.1. The second kappa shape index (κ2) is 35.3. The fourth-order valence-corrected chi connectivity index (χ4v) is 5.72. The number of esters is 2. The predicted octanol–water partition coefficient (Wildman–Crippen LogP) is 12.7. The first kappa shape index (κ1) is 43.5. The van der Waals surface area contributed by atoms with Crippen molar-refractivity contribution < 1.29 is 23.8 Å². The average molecular weight is 637 g/mol. The smallest absolute Gasteiger partial charge is 0.305 e. The fraction of sp³-hybridized carbons (Fsp3) is 0.900. The van der Waals surface area contributed by atoms with Gasteiger partial charge in [0.05, 0.1) is 5.76 Å². The highest BCUT2D eigenvalue weighted by atomic mass is 16.6. The minimum atomic E-state index is -0.504. The van der Waals surface area contributed by atoms with Crippen LogP contribution in [0.1, 0.15) is 213 Å². The van der Waals surface area contributed by atoms with Crippen molar-refractivity contribution in [2.75, 3.05) is 13.2 Å². The molecule has 0 aromatic heterocycles.